The third-order valence-electron chi connectivity index (χ3n) is 3.05. The molecule has 0 bridgehead atoms. The fourth-order valence-electron chi connectivity index (χ4n) is 2.01. The first kappa shape index (κ1) is 14.8. The van der Waals surface area contributed by atoms with Gasteiger partial charge in [-0.1, -0.05) is 47.5 Å². The highest BCUT2D eigenvalue weighted by Gasteiger charge is 2.30. The molecule has 5 heteroatoms. The number of rotatable bonds is 4. The summed E-state index contributed by atoms with van der Waals surface area (Å²) in [5, 5.41) is 2.93. The second kappa shape index (κ2) is 5.80. The number of hydrogen-bond donors (Lipinski definition) is 3. The highest BCUT2D eigenvalue weighted by atomic mass is 31.2. The Labute approximate surface area is 118 Å². The van der Waals surface area contributed by atoms with Gasteiger partial charge >= 0.3 is 7.60 Å². The summed E-state index contributed by atoms with van der Waals surface area (Å²) in [6, 6.07) is 14.6. The summed E-state index contributed by atoms with van der Waals surface area (Å²) < 4.78 is 11.7. The van der Waals surface area contributed by atoms with Crippen LogP contribution in [0.15, 0.2) is 48.5 Å². The summed E-state index contributed by atoms with van der Waals surface area (Å²) in [7, 11) is -4.31. The molecule has 2 aromatic carbocycles. The van der Waals surface area contributed by atoms with Gasteiger partial charge in [-0.3, -0.25) is 4.57 Å². The summed E-state index contributed by atoms with van der Waals surface area (Å²) >= 11 is 0. The van der Waals surface area contributed by atoms with Gasteiger partial charge in [0, 0.05) is 5.69 Å². The minimum atomic E-state index is -4.31. The first-order valence-electron chi connectivity index (χ1n) is 6.31. The lowest BCUT2D eigenvalue weighted by Crippen LogP contribution is -2.11. The SMILES string of the molecule is Cc1ccc(N[C@H](c2cccc(C)c2)P(=O)(O)O)cc1. The van der Waals surface area contributed by atoms with Crippen molar-refractivity contribution in [3.63, 3.8) is 0 Å². The van der Waals surface area contributed by atoms with Gasteiger partial charge in [0.05, 0.1) is 0 Å². The second-order valence-electron chi connectivity index (χ2n) is 4.92. The molecular formula is C15H18NO3P. The topological polar surface area (TPSA) is 69.6 Å². The lowest BCUT2D eigenvalue weighted by Gasteiger charge is -2.22. The van der Waals surface area contributed by atoms with Gasteiger partial charge in [-0.2, -0.15) is 0 Å². The maximum absolute atomic E-state index is 11.7. The van der Waals surface area contributed by atoms with Gasteiger partial charge in [0.2, 0.25) is 0 Å². The molecule has 0 aliphatic rings. The van der Waals surface area contributed by atoms with E-state index in [9.17, 15) is 14.4 Å². The molecule has 20 heavy (non-hydrogen) atoms. The molecule has 0 heterocycles. The predicted molar refractivity (Wildman–Crippen MR) is 80.8 cm³/mol. The molecule has 0 saturated carbocycles. The summed E-state index contributed by atoms with van der Waals surface area (Å²) in [5.74, 6) is -1.04. The molecule has 1 atom stereocenters. The van der Waals surface area contributed by atoms with Crippen LogP contribution in [0.1, 0.15) is 22.5 Å². The molecule has 4 nitrogen and oxygen atoms in total. The molecule has 0 amide bonds. The predicted octanol–water partition coefficient (Wildman–Crippen LogP) is 3.59. The molecule has 106 valence electrons. The third kappa shape index (κ3) is 3.70. The van der Waals surface area contributed by atoms with Gasteiger partial charge in [-0.25, -0.2) is 0 Å². The van der Waals surface area contributed by atoms with E-state index in [-0.39, 0.29) is 0 Å². The first-order chi connectivity index (χ1) is 9.36. The van der Waals surface area contributed by atoms with Crippen molar-refractivity contribution in [2.45, 2.75) is 19.6 Å². The van der Waals surface area contributed by atoms with Crippen LogP contribution in [0, 0.1) is 13.8 Å². The van der Waals surface area contributed by atoms with Gasteiger partial charge < -0.3 is 15.1 Å². The number of anilines is 1. The summed E-state index contributed by atoms with van der Waals surface area (Å²) in [5.41, 5.74) is 3.33. The van der Waals surface area contributed by atoms with Crippen LogP contribution in [0.25, 0.3) is 0 Å². The fourth-order valence-corrected chi connectivity index (χ4v) is 2.88. The molecular weight excluding hydrogens is 273 g/mol. The number of aryl methyl sites for hydroxylation is 2. The molecule has 0 radical (unpaired) electrons. The molecule has 2 aromatic rings. The van der Waals surface area contributed by atoms with Gasteiger partial charge in [0.15, 0.2) is 5.78 Å². The third-order valence-corrected chi connectivity index (χ3v) is 4.15. The fraction of sp³-hybridized carbons (Fsp3) is 0.200. The van der Waals surface area contributed by atoms with E-state index in [4.69, 9.17) is 0 Å². The van der Waals surface area contributed by atoms with Crippen molar-refractivity contribution in [1.29, 1.82) is 0 Å². The summed E-state index contributed by atoms with van der Waals surface area (Å²) in [6.45, 7) is 3.86. The quantitative estimate of drug-likeness (QED) is 0.753. The summed E-state index contributed by atoms with van der Waals surface area (Å²) in [4.78, 5) is 19.2. The Kier molecular flexibility index (Phi) is 4.29. The van der Waals surface area contributed by atoms with Crippen LogP contribution in [0.4, 0.5) is 5.69 Å². The Morgan fingerprint density at radius 2 is 1.65 bits per heavy atom. The lowest BCUT2D eigenvalue weighted by molar-refractivity contribution is 0.363. The largest absolute Gasteiger partial charge is 0.368 e. The minimum Gasteiger partial charge on any atom is -0.368 e. The second-order valence-corrected chi connectivity index (χ2v) is 6.61. The standard InChI is InChI=1S/C15H18NO3P/c1-11-6-8-14(9-7-11)16-15(20(17,18)19)13-5-3-4-12(2)10-13/h3-10,15-16H,1-2H3,(H2,17,18,19)/t15-/m0/s1. The molecule has 0 unspecified atom stereocenters. The van der Waals surface area contributed by atoms with E-state index in [1.807, 2.05) is 44.2 Å². The molecule has 0 fully saturated rings. The van der Waals surface area contributed by atoms with E-state index in [1.54, 1.807) is 18.2 Å². The van der Waals surface area contributed by atoms with Crippen LogP contribution >= 0.6 is 7.60 Å². The summed E-state index contributed by atoms with van der Waals surface area (Å²) in [6.07, 6.45) is 0. The zero-order chi connectivity index (χ0) is 14.8. The number of nitrogens with one attached hydrogen (secondary N) is 1. The molecule has 0 saturated heterocycles. The Bertz CT molecular complexity index is 634. The van der Waals surface area contributed by atoms with Crippen molar-refractivity contribution < 1.29 is 14.4 Å². The average Bonchev–Trinajstić information content (AvgIpc) is 2.36. The van der Waals surface area contributed by atoms with E-state index in [0.29, 0.717) is 11.3 Å². The van der Waals surface area contributed by atoms with E-state index in [1.165, 1.54) is 0 Å². The normalized spacial score (nSPS) is 13.0. The van der Waals surface area contributed by atoms with Gasteiger partial charge in [-0.15, -0.1) is 0 Å². The van der Waals surface area contributed by atoms with E-state index in [0.717, 1.165) is 11.1 Å². The van der Waals surface area contributed by atoms with Crippen molar-refractivity contribution in [3.05, 3.63) is 65.2 Å². The average molecular weight is 291 g/mol. The van der Waals surface area contributed by atoms with Crippen molar-refractivity contribution in [2.75, 3.05) is 5.32 Å². The molecule has 0 aliphatic heterocycles. The van der Waals surface area contributed by atoms with E-state index >= 15 is 0 Å². The van der Waals surface area contributed by atoms with Crippen molar-refractivity contribution in [1.82, 2.24) is 0 Å². The van der Waals surface area contributed by atoms with Crippen molar-refractivity contribution in [2.24, 2.45) is 0 Å². The maximum atomic E-state index is 11.7. The zero-order valence-electron chi connectivity index (χ0n) is 11.4. The monoisotopic (exact) mass is 291 g/mol. The first-order valence-corrected chi connectivity index (χ1v) is 7.99. The van der Waals surface area contributed by atoms with Crippen LogP contribution < -0.4 is 5.32 Å². The van der Waals surface area contributed by atoms with Crippen LogP contribution in [0.5, 0.6) is 0 Å². The molecule has 2 rings (SSSR count). The molecule has 0 aromatic heterocycles. The maximum Gasteiger partial charge on any atom is 0.352 e. The highest BCUT2D eigenvalue weighted by molar-refractivity contribution is 7.52. The Morgan fingerprint density at radius 3 is 2.20 bits per heavy atom. The Hall–Kier alpha value is -1.61. The zero-order valence-corrected chi connectivity index (χ0v) is 12.3. The minimum absolute atomic E-state index is 0.582. The highest BCUT2D eigenvalue weighted by Crippen LogP contribution is 2.51. The molecule has 3 N–H and O–H groups in total. The van der Waals surface area contributed by atoms with Crippen LogP contribution in [0.3, 0.4) is 0 Å². The van der Waals surface area contributed by atoms with Crippen LogP contribution in [-0.4, -0.2) is 9.79 Å². The lowest BCUT2D eigenvalue weighted by atomic mass is 10.1. The van der Waals surface area contributed by atoms with E-state index in [2.05, 4.69) is 5.32 Å². The number of hydrogen-bond acceptors (Lipinski definition) is 2. The van der Waals surface area contributed by atoms with E-state index < -0.39 is 13.4 Å². The Morgan fingerprint density at radius 1 is 1.00 bits per heavy atom. The molecule has 0 spiro atoms. The van der Waals surface area contributed by atoms with Crippen LogP contribution in [-0.2, 0) is 4.57 Å². The smallest absolute Gasteiger partial charge is 0.352 e. The van der Waals surface area contributed by atoms with Crippen molar-refractivity contribution >= 4 is 13.3 Å². The van der Waals surface area contributed by atoms with Crippen molar-refractivity contribution in [3.8, 4) is 0 Å². The van der Waals surface area contributed by atoms with Gasteiger partial charge in [-0.05, 0) is 31.5 Å². The number of benzene rings is 2. The van der Waals surface area contributed by atoms with Crippen LogP contribution in [0.2, 0.25) is 0 Å². The van der Waals surface area contributed by atoms with Gasteiger partial charge in [0.1, 0.15) is 0 Å². The Balaban J connectivity index is 2.34. The molecule has 0 aliphatic carbocycles. The van der Waals surface area contributed by atoms with Gasteiger partial charge in [0.25, 0.3) is 0 Å².